The number of hydrogen-bond donors (Lipinski definition) is 0. The first-order valence-electron chi connectivity index (χ1n) is 8.70. The molecule has 32 heavy (non-hydrogen) atoms. The van der Waals surface area contributed by atoms with Gasteiger partial charge < -0.3 is 9.47 Å². The summed E-state index contributed by atoms with van der Waals surface area (Å²) in [7, 11) is 0. The fraction of sp³-hybridized carbons (Fsp3) is 0. The van der Waals surface area contributed by atoms with Gasteiger partial charge >= 0.3 is 6.16 Å². The van der Waals surface area contributed by atoms with E-state index in [9.17, 15) is 14.4 Å². The number of nitrogens with zero attached hydrogens (tertiary/aromatic N) is 2. The van der Waals surface area contributed by atoms with Gasteiger partial charge in [0.05, 0.1) is 20.1 Å². The molecule has 2 aromatic heterocycles. The number of ether oxygens (including phenoxy) is 2. The van der Waals surface area contributed by atoms with Gasteiger partial charge in [-0.1, -0.05) is 46.4 Å². The van der Waals surface area contributed by atoms with Gasteiger partial charge in [-0.2, -0.15) is 0 Å². The molecule has 0 aliphatic carbocycles. The van der Waals surface area contributed by atoms with Crippen LogP contribution in [0.2, 0.25) is 20.1 Å². The van der Waals surface area contributed by atoms with Crippen molar-refractivity contribution in [3.05, 3.63) is 67.9 Å². The number of aromatic nitrogens is 2. The normalized spacial score (nSPS) is 10.9. The number of rotatable bonds is 4. The molecule has 0 radical (unpaired) electrons. The first kappa shape index (κ1) is 22.2. The SMILES string of the molecule is O=Cc1ccc2c(Cl)cc(Cl)c(OC(=O)Oc3c(Cl)cc(Cl)c4ccc(C=O)nc34)c2n1. The Morgan fingerprint density at radius 2 is 1.09 bits per heavy atom. The lowest BCUT2D eigenvalue weighted by atomic mass is 10.2. The third-order valence-corrected chi connectivity index (χ3v) is 5.52. The molecule has 2 aromatic carbocycles. The highest BCUT2D eigenvalue weighted by molar-refractivity contribution is 6.40. The number of fused-ring (bicyclic) bond motifs is 2. The maximum atomic E-state index is 12.6. The van der Waals surface area contributed by atoms with Crippen molar-refractivity contribution in [2.24, 2.45) is 0 Å². The summed E-state index contributed by atoms with van der Waals surface area (Å²) < 4.78 is 10.6. The monoisotopic (exact) mass is 508 g/mol. The summed E-state index contributed by atoms with van der Waals surface area (Å²) in [5.41, 5.74) is 0.313. The molecule has 0 amide bonds. The highest BCUT2D eigenvalue weighted by Gasteiger charge is 2.21. The van der Waals surface area contributed by atoms with Gasteiger partial charge in [0.2, 0.25) is 0 Å². The summed E-state index contributed by atoms with van der Waals surface area (Å²) in [5.74, 6) is -0.341. The quantitative estimate of drug-likeness (QED) is 0.174. The van der Waals surface area contributed by atoms with E-state index in [1.165, 1.54) is 36.4 Å². The van der Waals surface area contributed by atoms with Crippen molar-refractivity contribution < 1.29 is 23.9 Å². The summed E-state index contributed by atoms with van der Waals surface area (Å²) in [4.78, 5) is 43.1. The van der Waals surface area contributed by atoms with E-state index in [2.05, 4.69) is 9.97 Å². The Labute approximate surface area is 199 Å². The van der Waals surface area contributed by atoms with Crippen LogP contribution in [0.3, 0.4) is 0 Å². The molecule has 4 rings (SSSR count). The molecule has 0 saturated heterocycles. The van der Waals surface area contributed by atoms with Gasteiger partial charge in [-0.25, -0.2) is 14.8 Å². The van der Waals surface area contributed by atoms with Crippen LogP contribution >= 0.6 is 46.4 Å². The minimum atomic E-state index is -1.22. The van der Waals surface area contributed by atoms with Crippen LogP contribution in [0, 0.1) is 0 Å². The van der Waals surface area contributed by atoms with Crippen molar-refractivity contribution in [2.75, 3.05) is 0 Å². The van der Waals surface area contributed by atoms with E-state index in [4.69, 9.17) is 55.9 Å². The second-order valence-corrected chi connectivity index (χ2v) is 7.92. The molecule has 0 aliphatic rings. The van der Waals surface area contributed by atoms with Crippen molar-refractivity contribution in [3.8, 4) is 11.5 Å². The van der Waals surface area contributed by atoms with Crippen LogP contribution in [0.25, 0.3) is 21.8 Å². The first-order valence-corrected chi connectivity index (χ1v) is 10.2. The highest BCUT2D eigenvalue weighted by Crippen LogP contribution is 2.39. The Morgan fingerprint density at radius 3 is 1.47 bits per heavy atom. The fourth-order valence-corrected chi connectivity index (χ4v) is 4.04. The molecule has 0 fully saturated rings. The van der Waals surface area contributed by atoms with E-state index in [1.54, 1.807) is 0 Å². The highest BCUT2D eigenvalue weighted by atomic mass is 35.5. The summed E-state index contributed by atoms with van der Waals surface area (Å²) >= 11 is 24.7. The van der Waals surface area contributed by atoms with Gasteiger partial charge in [0.1, 0.15) is 22.4 Å². The Balaban J connectivity index is 1.77. The topological polar surface area (TPSA) is 95.5 Å². The molecule has 11 heteroatoms. The predicted molar refractivity (Wildman–Crippen MR) is 121 cm³/mol. The van der Waals surface area contributed by atoms with Crippen LogP contribution in [0.15, 0.2) is 36.4 Å². The van der Waals surface area contributed by atoms with Crippen LogP contribution in [0.1, 0.15) is 21.0 Å². The summed E-state index contributed by atoms with van der Waals surface area (Å²) in [6, 6.07) is 8.70. The largest absolute Gasteiger partial charge is 0.519 e. The van der Waals surface area contributed by atoms with Crippen LogP contribution in [0.5, 0.6) is 11.5 Å². The van der Waals surface area contributed by atoms with E-state index in [0.29, 0.717) is 23.3 Å². The van der Waals surface area contributed by atoms with E-state index in [0.717, 1.165) is 0 Å². The molecule has 0 bridgehead atoms. The van der Waals surface area contributed by atoms with E-state index < -0.39 is 6.16 Å². The molecule has 7 nitrogen and oxygen atoms in total. The van der Waals surface area contributed by atoms with Crippen LogP contribution < -0.4 is 9.47 Å². The van der Waals surface area contributed by atoms with E-state index >= 15 is 0 Å². The number of pyridine rings is 2. The molecule has 2 heterocycles. The molecule has 0 N–H and O–H groups in total. The minimum absolute atomic E-state index is 0.0385. The Morgan fingerprint density at radius 1 is 0.688 bits per heavy atom. The molecule has 0 saturated carbocycles. The number of carbonyl (C=O) groups is 3. The van der Waals surface area contributed by atoms with Gasteiger partial charge in [0, 0.05) is 10.8 Å². The smallest absolute Gasteiger partial charge is 0.391 e. The minimum Gasteiger partial charge on any atom is -0.391 e. The zero-order valence-corrected chi connectivity index (χ0v) is 18.6. The van der Waals surface area contributed by atoms with E-state index in [1.807, 2.05) is 0 Å². The number of halogens is 4. The van der Waals surface area contributed by atoms with Crippen molar-refractivity contribution in [2.45, 2.75) is 0 Å². The van der Waals surface area contributed by atoms with Gasteiger partial charge in [0.15, 0.2) is 24.1 Å². The Hall–Kier alpha value is -2.97. The molecular weight excluding hydrogens is 502 g/mol. The van der Waals surface area contributed by atoms with Gasteiger partial charge in [-0.15, -0.1) is 0 Å². The van der Waals surface area contributed by atoms with Gasteiger partial charge in [-0.05, 0) is 36.4 Å². The van der Waals surface area contributed by atoms with Crippen molar-refractivity contribution >= 4 is 86.9 Å². The van der Waals surface area contributed by atoms with Crippen molar-refractivity contribution in [1.82, 2.24) is 9.97 Å². The molecule has 4 aromatic rings. The molecular formula is C21H8Cl4N2O5. The molecule has 160 valence electrons. The average Bonchev–Trinajstić information content (AvgIpc) is 2.78. The number of benzene rings is 2. The maximum absolute atomic E-state index is 12.6. The zero-order valence-electron chi connectivity index (χ0n) is 15.6. The second-order valence-electron chi connectivity index (χ2n) is 6.29. The Kier molecular flexibility index (Phi) is 6.17. The lowest BCUT2D eigenvalue weighted by Crippen LogP contribution is -2.15. The van der Waals surface area contributed by atoms with Crippen LogP contribution in [0.4, 0.5) is 4.79 Å². The summed E-state index contributed by atoms with van der Waals surface area (Å²) in [6.07, 6.45) is -0.184. The van der Waals surface area contributed by atoms with Crippen molar-refractivity contribution in [1.29, 1.82) is 0 Å². The lowest BCUT2D eigenvalue weighted by Gasteiger charge is -2.13. The van der Waals surface area contributed by atoms with E-state index in [-0.39, 0.29) is 54.0 Å². The van der Waals surface area contributed by atoms with Crippen molar-refractivity contribution in [3.63, 3.8) is 0 Å². The fourth-order valence-electron chi connectivity index (χ4n) is 2.93. The third-order valence-electron chi connectivity index (χ3n) is 4.33. The molecule has 0 unspecified atom stereocenters. The first-order chi connectivity index (χ1) is 15.3. The molecule has 0 aliphatic heterocycles. The summed E-state index contributed by atoms with van der Waals surface area (Å²) in [5, 5.41) is 1.21. The lowest BCUT2D eigenvalue weighted by molar-refractivity contribution is 0.111. The molecule has 0 atom stereocenters. The summed E-state index contributed by atoms with van der Waals surface area (Å²) in [6.45, 7) is 0. The number of hydrogen-bond acceptors (Lipinski definition) is 7. The standard InChI is InChI=1S/C21H8Cl4N2O5/c22-13-5-15(24)19(17-11(13)3-1-9(7-28)26-17)31-21(30)32-20-16(25)6-14(23)12-4-2-10(8-29)27-18(12)20/h1-8H. The average molecular weight is 510 g/mol. The number of aldehydes is 2. The third kappa shape index (κ3) is 4.08. The molecule has 0 spiro atoms. The second kappa shape index (κ2) is 8.88. The van der Waals surface area contributed by atoms with Gasteiger partial charge in [-0.3, -0.25) is 9.59 Å². The van der Waals surface area contributed by atoms with Gasteiger partial charge in [0.25, 0.3) is 0 Å². The Bertz CT molecular complexity index is 1330. The van der Waals surface area contributed by atoms with Crippen LogP contribution in [-0.4, -0.2) is 28.7 Å². The number of carbonyl (C=O) groups excluding carboxylic acids is 3. The zero-order chi connectivity index (χ0) is 23.0. The maximum Gasteiger partial charge on any atom is 0.519 e. The van der Waals surface area contributed by atoms with Crippen LogP contribution in [-0.2, 0) is 0 Å². The predicted octanol–water partition coefficient (Wildman–Crippen LogP) is 6.60.